The summed E-state index contributed by atoms with van der Waals surface area (Å²) in [6.45, 7) is 4.81. The summed E-state index contributed by atoms with van der Waals surface area (Å²) in [7, 11) is 0. The monoisotopic (exact) mass is 372 g/mol. The van der Waals surface area contributed by atoms with E-state index in [9.17, 15) is 4.79 Å². The van der Waals surface area contributed by atoms with Gasteiger partial charge in [-0.2, -0.15) is 0 Å². The number of carbonyl (C=O) groups excluding carboxylic acids is 1. The van der Waals surface area contributed by atoms with E-state index < -0.39 is 0 Å². The summed E-state index contributed by atoms with van der Waals surface area (Å²) in [4.78, 5) is 13.3. The van der Waals surface area contributed by atoms with Gasteiger partial charge in [-0.3, -0.25) is 4.79 Å². The lowest BCUT2D eigenvalue weighted by Crippen LogP contribution is -2.28. The fourth-order valence-electron chi connectivity index (χ4n) is 2.51. The molecule has 0 spiro atoms. The van der Waals surface area contributed by atoms with Crippen molar-refractivity contribution in [3.63, 3.8) is 0 Å². The highest BCUT2D eigenvalue weighted by Gasteiger charge is 2.16. The van der Waals surface area contributed by atoms with Gasteiger partial charge in [-0.15, -0.1) is 21.5 Å². The molecule has 3 rings (SSSR count). The van der Waals surface area contributed by atoms with E-state index in [2.05, 4.69) is 22.4 Å². The summed E-state index contributed by atoms with van der Waals surface area (Å²) < 4.78 is 2.05. The van der Waals surface area contributed by atoms with E-state index in [4.69, 9.17) is 0 Å². The van der Waals surface area contributed by atoms with Crippen molar-refractivity contribution in [2.75, 3.05) is 5.75 Å². The van der Waals surface area contributed by atoms with Crippen LogP contribution in [0.15, 0.2) is 53.0 Å². The first-order valence-corrected chi connectivity index (χ1v) is 9.99. The zero-order chi connectivity index (χ0) is 17.6. The van der Waals surface area contributed by atoms with Gasteiger partial charge >= 0.3 is 0 Å². The van der Waals surface area contributed by atoms with E-state index >= 15 is 0 Å². The van der Waals surface area contributed by atoms with Crippen molar-refractivity contribution < 1.29 is 4.79 Å². The predicted octanol–water partition coefficient (Wildman–Crippen LogP) is 4.00. The van der Waals surface area contributed by atoms with Crippen LogP contribution in [0.4, 0.5) is 0 Å². The number of rotatable bonds is 7. The maximum atomic E-state index is 12.2. The van der Waals surface area contributed by atoms with E-state index in [0.717, 1.165) is 28.0 Å². The third kappa shape index (κ3) is 4.29. The molecule has 5 nitrogen and oxygen atoms in total. The van der Waals surface area contributed by atoms with Gasteiger partial charge in [-0.05, 0) is 30.9 Å². The van der Waals surface area contributed by atoms with Crippen LogP contribution in [0.1, 0.15) is 25.5 Å². The molecular weight excluding hydrogens is 352 g/mol. The summed E-state index contributed by atoms with van der Waals surface area (Å²) in [5.74, 6) is 1.17. The average Bonchev–Trinajstić information content (AvgIpc) is 3.29. The fourth-order valence-corrected chi connectivity index (χ4v) is 4.04. The van der Waals surface area contributed by atoms with E-state index in [1.807, 2.05) is 59.3 Å². The Bertz CT molecular complexity index is 815. The summed E-state index contributed by atoms with van der Waals surface area (Å²) >= 11 is 3.05. The Morgan fingerprint density at radius 2 is 2.04 bits per heavy atom. The molecule has 0 saturated heterocycles. The Morgan fingerprint density at radius 1 is 1.24 bits per heavy atom. The minimum absolute atomic E-state index is 0.00956. The maximum absolute atomic E-state index is 12.2. The molecular formula is C18H20N4OS2. The molecule has 2 aromatic heterocycles. The number of hydrogen-bond acceptors (Lipinski definition) is 5. The molecule has 1 N–H and O–H groups in total. The molecule has 1 aromatic carbocycles. The topological polar surface area (TPSA) is 59.8 Å². The van der Waals surface area contributed by atoms with Crippen LogP contribution >= 0.6 is 23.1 Å². The highest BCUT2D eigenvalue weighted by molar-refractivity contribution is 7.99. The van der Waals surface area contributed by atoms with Crippen molar-refractivity contribution in [1.29, 1.82) is 0 Å². The number of thiophene rings is 1. The number of nitrogens with zero attached hydrogens (tertiary/aromatic N) is 3. The number of aromatic nitrogens is 3. The SMILES string of the molecule is CCn1c(SCC(=O)NC(C)c2ccccc2)nnc1-c1cccs1. The number of thioether (sulfide) groups is 1. The van der Waals surface area contributed by atoms with Crippen LogP contribution in [0.2, 0.25) is 0 Å². The summed E-state index contributed by atoms with van der Waals surface area (Å²) in [6.07, 6.45) is 0. The minimum Gasteiger partial charge on any atom is -0.349 e. The van der Waals surface area contributed by atoms with Gasteiger partial charge in [-0.25, -0.2) is 0 Å². The van der Waals surface area contributed by atoms with Crippen LogP contribution in [0.3, 0.4) is 0 Å². The molecule has 0 aliphatic heterocycles. The lowest BCUT2D eigenvalue weighted by atomic mass is 10.1. The lowest BCUT2D eigenvalue weighted by molar-refractivity contribution is -0.119. The van der Waals surface area contributed by atoms with Crippen molar-refractivity contribution in [3.05, 3.63) is 53.4 Å². The molecule has 1 amide bonds. The average molecular weight is 373 g/mol. The molecule has 0 saturated carbocycles. The van der Waals surface area contributed by atoms with Crippen LogP contribution in [0.25, 0.3) is 10.7 Å². The van der Waals surface area contributed by atoms with Crippen molar-refractivity contribution in [3.8, 4) is 10.7 Å². The second-order valence-corrected chi connectivity index (χ2v) is 7.41. The van der Waals surface area contributed by atoms with Gasteiger partial charge in [0.1, 0.15) is 0 Å². The van der Waals surface area contributed by atoms with Gasteiger partial charge in [0, 0.05) is 6.54 Å². The van der Waals surface area contributed by atoms with Crippen molar-refractivity contribution in [2.45, 2.75) is 31.6 Å². The Balaban J connectivity index is 1.61. The molecule has 0 aliphatic carbocycles. The number of hydrogen-bond donors (Lipinski definition) is 1. The van der Waals surface area contributed by atoms with Gasteiger partial charge in [0.15, 0.2) is 11.0 Å². The summed E-state index contributed by atoms with van der Waals surface area (Å²) in [6, 6.07) is 14.0. The van der Waals surface area contributed by atoms with Gasteiger partial charge in [-0.1, -0.05) is 48.2 Å². The molecule has 7 heteroatoms. The predicted molar refractivity (Wildman–Crippen MR) is 103 cm³/mol. The molecule has 130 valence electrons. The smallest absolute Gasteiger partial charge is 0.230 e. The maximum Gasteiger partial charge on any atom is 0.230 e. The highest BCUT2D eigenvalue weighted by atomic mass is 32.2. The largest absolute Gasteiger partial charge is 0.349 e. The zero-order valence-electron chi connectivity index (χ0n) is 14.2. The zero-order valence-corrected chi connectivity index (χ0v) is 15.8. The van der Waals surface area contributed by atoms with E-state index in [1.54, 1.807) is 11.3 Å². The van der Waals surface area contributed by atoms with E-state index in [-0.39, 0.29) is 11.9 Å². The third-order valence-electron chi connectivity index (χ3n) is 3.78. The molecule has 3 aromatic rings. The second kappa shape index (κ2) is 8.31. The molecule has 0 radical (unpaired) electrons. The molecule has 25 heavy (non-hydrogen) atoms. The van der Waals surface area contributed by atoms with Crippen LogP contribution < -0.4 is 5.32 Å². The minimum atomic E-state index is -0.0139. The highest BCUT2D eigenvalue weighted by Crippen LogP contribution is 2.27. The van der Waals surface area contributed by atoms with E-state index in [1.165, 1.54) is 11.8 Å². The van der Waals surface area contributed by atoms with Gasteiger partial charge < -0.3 is 9.88 Å². The van der Waals surface area contributed by atoms with Crippen LogP contribution in [-0.2, 0) is 11.3 Å². The first-order valence-electron chi connectivity index (χ1n) is 8.13. The number of amides is 1. The van der Waals surface area contributed by atoms with E-state index in [0.29, 0.717) is 5.75 Å². The Labute approximate surface area is 155 Å². The first kappa shape index (κ1) is 17.7. The van der Waals surface area contributed by atoms with Crippen molar-refractivity contribution in [2.24, 2.45) is 0 Å². The van der Waals surface area contributed by atoms with Crippen LogP contribution in [-0.4, -0.2) is 26.4 Å². The molecule has 1 atom stereocenters. The third-order valence-corrected chi connectivity index (χ3v) is 5.62. The molecule has 0 aliphatic rings. The molecule has 1 unspecified atom stereocenters. The first-order chi connectivity index (χ1) is 12.2. The second-order valence-electron chi connectivity index (χ2n) is 5.52. The standard InChI is InChI=1S/C18H20N4OS2/c1-3-22-17(15-10-7-11-24-15)20-21-18(22)25-12-16(23)19-13(2)14-8-5-4-6-9-14/h4-11,13H,3,12H2,1-2H3,(H,19,23). The molecule has 2 heterocycles. The molecule has 0 fully saturated rings. The lowest BCUT2D eigenvalue weighted by Gasteiger charge is -2.14. The quantitative estimate of drug-likeness (QED) is 0.637. The van der Waals surface area contributed by atoms with Crippen molar-refractivity contribution >= 4 is 29.0 Å². The van der Waals surface area contributed by atoms with Crippen LogP contribution in [0.5, 0.6) is 0 Å². The Morgan fingerprint density at radius 3 is 2.72 bits per heavy atom. The van der Waals surface area contributed by atoms with Gasteiger partial charge in [0.25, 0.3) is 0 Å². The van der Waals surface area contributed by atoms with Crippen molar-refractivity contribution in [1.82, 2.24) is 20.1 Å². The Hall–Kier alpha value is -2.12. The van der Waals surface area contributed by atoms with Crippen LogP contribution in [0, 0.1) is 0 Å². The van der Waals surface area contributed by atoms with Gasteiger partial charge in [0.05, 0.1) is 16.7 Å². The number of carbonyl (C=O) groups is 1. The summed E-state index contributed by atoms with van der Waals surface area (Å²) in [5.41, 5.74) is 1.09. The molecule has 0 bridgehead atoms. The fraction of sp³-hybridized carbons (Fsp3) is 0.278. The number of nitrogens with one attached hydrogen (secondary N) is 1. The number of benzene rings is 1. The van der Waals surface area contributed by atoms with Gasteiger partial charge in [0.2, 0.25) is 5.91 Å². The normalized spacial score (nSPS) is 12.1. The summed E-state index contributed by atoms with van der Waals surface area (Å²) in [5, 5.41) is 14.4. The Kier molecular flexibility index (Phi) is 5.88.